The molecule has 146 valence electrons. The van der Waals surface area contributed by atoms with E-state index in [4.69, 9.17) is 9.98 Å². The number of aromatic nitrogens is 1. The van der Waals surface area contributed by atoms with E-state index in [0.29, 0.717) is 0 Å². The number of nitrogens with one attached hydrogen (secondary N) is 1. The molecule has 0 spiro atoms. The van der Waals surface area contributed by atoms with Crippen molar-refractivity contribution in [2.75, 3.05) is 5.32 Å². The van der Waals surface area contributed by atoms with Crippen LogP contribution < -0.4 is 10.7 Å². The van der Waals surface area contributed by atoms with Crippen molar-refractivity contribution in [3.63, 3.8) is 0 Å². The van der Waals surface area contributed by atoms with Gasteiger partial charge in [0.25, 0.3) is 0 Å². The molecule has 5 rings (SSSR count). The molecule has 1 heterocycles. The zero-order valence-corrected chi connectivity index (χ0v) is 20.8. The van der Waals surface area contributed by atoms with E-state index in [9.17, 15) is 0 Å². The highest BCUT2D eigenvalue weighted by molar-refractivity contribution is 14.1. The van der Waals surface area contributed by atoms with Crippen molar-refractivity contribution in [2.45, 2.75) is 0 Å². The zero-order chi connectivity index (χ0) is 20.5. The number of fused-ring (bicyclic) bond motifs is 2. The van der Waals surface area contributed by atoms with Crippen molar-refractivity contribution in [3.05, 3.63) is 97.4 Å². The summed E-state index contributed by atoms with van der Waals surface area (Å²) >= 11 is 6.36. The third kappa shape index (κ3) is 4.50. The highest BCUT2D eigenvalue weighted by Gasteiger charge is 2.08. The Morgan fingerprint density at radius 1 is 0.733 bits per heavy atom. The van der Waals surface area contributed by atoms with Crippen LogP contribution >= 0.6 is 56.5 Å². The second-order valence-electron chi connectivity index (χ2n) is 6.77. The van der Waals surface area contributed by atoms with E-state index in [1.807, 2.05) is 18.2 Å². The zero-order valence-electron chi connectivity index (χ0n) is 15.6. The average Bonchev–Trinajstić information content (AvgIpc) is 2.75. The molecule has 2 aliphatic rings. The van der Waals surface area contributed by atoms with Gasteiger partial charge in [0.05, 0.1) is 31.8 Å². The lowest BCUT2D eigenvalue weighted by Gasteiger charge is -2.10. The molecular weight excluding hydrogens is 616 g/mol. The quantitative estimate of drug-likeness (QED) is 0.165. The second kappa shape index (κ2) is 8.60. The summed E-state index contributed by atoms with van der Waals surface area (Å²) < 4.78 is 3.57. The van der Waals surface area contributed by atoms with Crippen molar-refractivity contribution >= 4 is 83.8 Å². The van der Waals surface area contributed by atoms with Crippen LogP contribution in [0.4, 0.5) is 17.1 Å². The molecular formula is C24H15I2N3S. The largest absolute Gasteiger partial charge is 0.355 e. The monoisotopic (exact) mass is 631 g/mol. The maximum absolute atomic E-state index is 4.84. The summed E-state index contributed by atoms with van der Waals surface area (Å²) in [4.78, 5) is 10.7. The van der Waals surface area contributed by atoms with Gasteiger partial charge in [-0.15, -0.1) is 11.3 Å². The van der Waals surface area contributed by atoms with Crippen molar-refractivity contribution in [1.82, 2.24) is 4.98 Å². The third-order valence-corrected chi connectivity index (χ3v) is 7.11. The molecule has 0 atom stereocenters. The number of hydrogen-bond acceptors (Lipinski definition) is 4. The Morgan fingerprint density at radius 3 is 2.20 bits per heavy atom. The van der Waals surface area contributed by atoms with Gasteiger partial charge >= 0.3 is 0 Å². The lowest BCUT2D eigenvalue weighted by molar-refractivity contribution is 1.32. The van der Waals surface area contributed by atoms with E-state index in [0.717, 1.165) is 43.2 Å². The molecule has 3 aromatic carbocycles. The van der Waals surface area contributed by atoms with Gasteiger partial charge in [0, 0.05) is 18.5 Å². The molecule has 0 amide bonds. The highest BCUT2D eigenvalue weighted by Crippen LogP contribution is 2.32. The van der Waals surface area contributed by atoms with Gasteiger partial charge in [-0.3, -0.25) is 0 Å². The van der Waals surface area contributed by atoms with Gasteiger partial charge in [-0.25, -0.2) is 9.98 Å². The molecule has 1 aliphatic carbocycles. The van der Waals surface area contributed by atoms with E-state index in [2.05, 4.69) is 117 Å². The summed E-state index contributed by atoms with van der Waals surface area (Å²) in [6, 6.07) is 29.1. The summed E-state index contributed by atoms with van der Waals surface area (Å²) in [6.45, 7) is 0. The first kappa shape index (κ1) is 19.9. The molecule has 0 unspecified atom stereocenters. The smallest absolute Gasteiger partial charge is 0.0811 e. The van der Waals surface area contributed by atoms with Crippen LogP contribution in [0.25, 0.3) is 20.8 Å². The van der Waals surface area contributed by atoms with Crippen LogP contribution in [0.2, 0.25) is 0 Å². The molecule has 0 aromatic heterocycles. The van der Waals surface area contributed by atoms with Crippen LogP contribution in [0.3, 0.4) is 0 Å². The summed E-state index contributed by atoms with van der Waals surface area (Å²) in [5.41, 5.74) is 5.08. The fourth-order valence-electron chi connectivity index (χ4n) is 3.13. The maximum atomic E-state index is 4.84. The molecule has 30 heavy (non-hydrogen) atoms. The van der Waals surface area contributed by atoms with Crippen LogP contribution in [0.5, 0.6) is 0 Å². The fraction of sp³-hybridized carbons (Fsp3) is 0. The normalized spacial score (nSPS) is 11.9. The van der Waals surface area contributed by atoms with E-state index in [-0.39, 0.29) is 0 Å². The predicted molar refractivity (Wildman–Crippen MR) is 143 cm³/mol. The van der Waals surface area contributed by atoms with Crippen LogP contribution in [0.1, 0.15) is 0 Å². The fourth-order valence-corrected chi connectivity index (χ4v) is 4.88. The number of anilines is 2. The van der Waals surface area contributed by atoms with Gasteiger partial charge < -0.3 is 5.32 Å². The molecule has 0 radical (unpaired) electrons. The number of halogens is 2. The van der Waals surface area contributed by atoms with Crippen molar-refractivity contribution in [3.8, 4) is 10.6 Å². The Labute approximate surface area is 205 Å². The van der Waals surface area contributed by atoms with Crippen LogP contribution in [-0.4, -0.2) is 4.98 Å². The summed E-state index contributed by atoms with van der Waals surface area (Å²) in [5.74, 6) is 0. The molecule has 1 aliphatic heterocycles. The molecule has 3 nitrogen and oxygen atoms in total. The Balaban J connectivity index is 1.53. The van der Waals surface area contributed by atoms with E-state index in [1.54, 1.807) is 11.3 Å². The average molecular weight is 631 g/mol. The van der Waals surface area contributed by atoms with Crippen LogP contribution in [0.15, 0.2) is 89.9 Å². The Morgan fingerprint density at radius 2 is 1.43 bits per heavy atom. The first-order chi connectivity index (χ1) is 14.6. The lowest BCUT2D eigenvalue weighted by Crippen LogP contribution is -2.01. The number of nitrogens with zero attached hydrogens (tertiary/aromatic N) is 2. The van der Waals surface area contributed by atoms with Gasteiger partial charge in [-0.1, -0.05) is 0 Å². The van der Waals surface area contributed by atoms with Crippen LogP contribution in [0, 0.1) is 7.14 Å². The number of rotatable bonds is 3. The van der Waals surface area contributed by atoms with Gasteiger partial charge in [-0.05, 0) is 130 Å². The molecule has 1 N–H and O–H groups in total. The molecule has 0 saturated carbocycles. The molecule has 3 aromatic rings. The second-order valence-corrected chi connectivity index (χ2v) is 10.3. The third-order valence-electron chi connectivity index (χ3n) is 4.58. The van der Waals surface area contributed by atoms with Gasteiger partial charge in [0.1, 0.15) is 0 Å². The van der Waals surface area contributed by atoms with E-state index >= 15 is 0 Å². The van der Waals surface area contributed by atoms with Gasteiger partial charge in [-0.2, -0.15) is 0 Å². The first-order valence-electron chi connectivity index (χ1n) is 9.30. The molecule has 0 saturated heterocycles. The van der Waals surface area contributed by atoms with Crippen molar-refractivity contribution < 1.29 is 0 Å². The minimum Gasteiger partial charge on any atom is -0.355 e. The Bertz CT molecular complexity index is 1380. The van der Waals surface area contributed by atoms with E-state index in [1.165, 1.54) is 7.14 Å². The SMILES string of the molecule is Ic1ccc(N=c2ccc3nc4ccc(Nc5ccc(I)cc5)cc4sc-3c2)cc1. The standard InChI is InChI=1S/C24H15I2N3S/c25-15-1-5-17(6-2-15)27-19-9-11-21-23(13-19)30-24-14-20(10-12-22(24)29-21)28-18-7-3-16(26)4-8-18/h1-14,27H. The minimum atomic E-state index is 0.939. The van der Waals surface area contributed by atoms with Crippen molar-refractivity contribution in [1.29, 1.82) is 0 Å². The van der Waals surface area contributed by atoms with Crippen molar-refractivity contribution in [2.24, 2.45) is 4.99 Å². The number of benzene rings is 4. The first-order valence-corrected chi connectivity index (χ1v) is 12.3. The summed E-state index contributed by atoms with van der Waals surface area (Å²) in [7, 11) is 0. The maximum Gasteiger partial charge on any atom is 0.0811 e. The topological polar surface area (TPSA) is 37.3 Å². The van der Waals surface area contributed by atoms with Gasteiger partial charge in [0.2, 0.25) is 0 Å². The van der Waals surface area contributed by atoms with Crippen LogP contribution in [-0.2, 0) is 0 Å². The summed E-state index contributed by atoms with van der Waals surface area (Å²) in [5, 5.41) is 4.42. The Hall–Kier alpha value is -2.04. The number of hydrogen-bond donors (Lipinski definition) is 1. The minimum absolute atomic E-state index is 0.939. The lowest BCUT2D eigenvalue weighted by atomic mass is 10.2. The highest BCUT2D eigenvalue weighted by atomic mass is 127. The van der Waals surface area contributed by atoms with E-state index < -0.39 is 0 Å². The molecule has 6 heteroatoms. The predicted octanol–water partition coefficient (Wildman–Crippen LogP) is 7.59. The van der Waals surface area contributed by atoms with Gasteiger partial charge in [0.15, 0.2) is 0 Å². The molecule has 0 bridgehead atoms. The molecule has 0 fully saturated rings. The Kier molecular flexibility index (Phi) is 5.70. The summed E-state index contributed by atoms with van der Waals surface area (Å²) in [6.07, 6.45) is 0.